The van der Waals surface area contributed by atoms with Gasteiger partial charge in [0, 0.05) is 11.6 Å². The standard InChI is InChI=1S/C18H18ClN5O2S2/c1-3-8-24-16(22-23-18(24)27)15-11(2)20-17(28-15)21-14(25)10-26-9-12-6-4-5-7-13(12)19/h3-7H,1,8-10H2,2H3,(H,23,27)(H,20,21,25). The minimum Gasteiger partial charge on any atom is -0.367 e. The molecule has 2 heterocycles. The number of aryl methyl sites for hydroxylation is 1. The van der Waals surface area contributed by atoms with E-state index in [4.69, 9.17) is 28.6 Å². The molecular formula is C18H18ClN5O2S2. The molecular weight excluding hydrogens is 418 g/mol. The molecule has 2 aromatic heterocycles. The Bertz CT molecular complexity index is 1060. The number of allylic oxidation sites excluding steroid dienone is 1. The van der Waals surface area contributed by atoms with Crippen LogP contribution in [0.15, 0.2) is 36.9 Å². The number of halogens is 1. The van der Waals surface area contributed by atoms with E-state index in [1.165, 1.54) is 11.3 Å². The number of carbonyl (C=O) groups excluding carboxylic acids is 1. The number of nitrogens with one attached hydrogen (secondary N) is 2. The summed E-state index contributed by atoms with van der Waals surface area (Å²) in [4.78, 5) is 17.4. The number of anilines is 1. The van der Waals surface area contributed by atoms with E-state index in [0.29, 0.717) is 27.3 Å². The molecule has 0 aliphatic heterocycles. The minimum absolute atomic E-state index is 0.103. The fourth-order valence-corrected chi connectivity index (χ4v) is 3.85. The Morgan fingerprint density at radius 2 is 2.29 bits per heavy atom. The number of rotatable bonds is 8. The third kappa shape index (κ3) is 4.74. The molecule has 0 spiro atoms. The fourth-order valence-electron chi connectivity index (χ4n) is 2.47. The summed E-state index contributed by atoms with van der Waals surface area (Å²) in [5, 5.41) is 10.9. The third-order valence-corrected chi connectivity index (χ3v) is 5.51. The highest BCUT2D eigenvalue weighted by atomic mass is 35.5. The maximum Gasteiger partial charge on any atom is 0.252 e. The lowest BCUT2D eigenvalue weighted by Crippen LogP contribution is -2.18. The third-order valence-electron chi connectivity index (χ3n) is 3.76. The van der Waals surface area contributed by atoms with E-state index in [-0.39, 0.29) is 19.1 Å². The van der Waals surface area contributed by atoms with Crippen LogP contribution in [0.25, 0.3) is 10.7 Å². The molecule has 0 radical (unpaired) electrons. The van der Waals surface area contributed by atoms with Crippen molar-refractivity contribution in [3.63, 3.8) is 0 Å². The molecule has 0 fully saturated rings. The number of hydrogen-bond acceptors (Lipinski definition) is 6. The summed E-state index contributed by atoms with van der Waals surface area (Å²) in [6, 6.07) is 7.34. The van der Waals surface area contributed by atoms with Crippen LogP contribution in [0.5, 0.6) is 0 Å². The Labute approximate surface area is 176 Å². The molecule has 28 heavy (non-hydrogen) atoms. The first-order chi connectivity index (χ1) is 13.5. The smallest absolute Gasteiger partial charge is 0.252 e. The molecule has 10 heteroatoms. The summed E-state index contributed by atoms with van der Waals surface area (Å²) in [6.07, 6.45) is 1.74. The number of nitrogens with zero attached hydrogens (tertiary/aromatic N) is 3. The number of thiazole rings is 1. The molecule has 7 nitrogen and oxygen atoms in total. The number of H-pyrrole nitrogens is 1. The van der Waals surface area contributed by atoms with E-state index in [2.05, 4.69) is 27.1 Å². The van der Waals surface area contributed by atoms with E-state index in [0.717, 1.165) is 16.1 Å². The van der Waals surface area contributed by atoms with Crippen LogP contribution >= 0.6 is 35.2 Å². The van der Waals surface area contributed by atoms with E-state index >= 15 is 0 Å². The maximum atomic E-state index is 12.2. The van der Waals surface area contributed by atoms with Crippen molar-refractivity contribution in [3.8, 4) is 10.7 Å². The summed E-state index contributed by atoms with van der Waals surface area (Å²) >= 11 is 12.6. The summed E-state index contributed by atoms with van der Waals surface area (Å²) < 4.78 is 7.77. The van der Waals surface area contributed by atoms with Gasteiger partial charge in [0.15, 0.2) is 15.7 Å². The van der Waals surface area contributed by atoms with Crippen molar-refractivity contribution in [2.24, 2.45) is 0 Å². The number of aromatic amines is 1. The van der Waals surface area contributed by atoms with Gasteiger partial charge in [-0.15, -0.1) is 6.58 Å². The van der Waals surface area contributed by atoms with Gasteiger partial charge in [-0.2, -0.15) is 5.10 Å². The topological polar surface area (TPSA) is 84.8 Å². The Morgan fingerprint density at radius 3 is 3.04 bits per heavy atom. The molecule has 1 amide bonds. The molecule has 0 aliphatic rings. The van der Waals surface area contributed by atoms with Crippen molar-refractivity contribution in [1.29, 1.82) is 0 Å². The average Bonchev–Trinajstić information content (AvgIpc) is 3.19. The van der Waals surface area contributed by atoms with Crippen LogP contribution in [-0.2, 0) is 22.7 Å². The van der Waals surface area contributed by atoms with Crippen LogP contribution in [0.3, 0.4) is 0 Å². The van der Waals surface area contributed by atoms with Gasteiger partial charge in [0.2, 0.25) is 0 Å². The summed E-state index contributed by atoms with van der Waals surface area (Å²) in [5.74, 6) is 0.368. The first-order valence-corrected chi connectivity index (χ1v) is 9.94. The molecule has 3 rings (SSSR count). The molecule has 0 saturated heterocycles. The van der Waals surface area contributed by atoms with Gasteiger partial charge in [-0.25, -0.2) is 4.98 Å². The quantitative estimate of drug-likeness (QED) is 0.405. The van der Waals surface area contributed by atoms with Crippen LogP contribution in [0.2, 0.25) is 5.02 Å². The zero-order chi connectivity index (χ0) is 20.1. The van der Waals surface area contributed by atoms with Crippen LogP contribution < -0.4 is 5.32 Å². The van der Waals surface area contributed by atoms with Gasteiger partial charge in [0.25, 0.3) is 5.91 Å². The van der Waals surface area contributed by atoms with Gasteiger partial charge in [-0.1, -0.05) is 47.2 Å². The van der Waals surface area contributed by atoms with Crippen molar-refractivity contribution < 1.29 is 9.53 Å². The molecule has 0 atom stereocenters. The van der Waals surface area contributed by atoms with Gasteiger partial charge >= 0.3 is 0 Å². The number of carbonyl (C=O) groups is 1. The molecule has 3 aromatic rings. The first-order valence-electron chi connectivity index (χ1n) is 8.34. The predicted molar refractivity (Wildman–Crippen MR) is 113 cm³/mol. The van der Waals surface area contributed by atoms with Crippen molar-refractivity contribution >= 4 is 46.2 Å². The summed E-state index contributed by atoms with van der Waals surface area (Å²) in [7, 11) is 0. The van der Waals surface area contributed by atoms with Crippen molar-refractivity contribution in [2.45, 2.75) is 20.1 Å². The van der Waals surface area contributed by atoms with Crippen LogP contribution in [0.1, 0.15) is 11.3 Å². The van der Waals surface area contributed by atoms with Crippen molar-refractivity contribution in [2.75, 3.05) is 11.9 Å². The van der Waals surface area contributed by atoms with E-state index < -0.39 is 0 Å². The average molecular weight is 436 g/mol. The lowest BCUT2D eigenvalue weighted by molar-refractivity contribution is -0.121. The highest BCUT2D eigenvalue weighted by molar-refractivity contribution is 7.71. The van der Waals surface area contributed by atoms with Crippen LogP contribution in [-0.4, -0.2) is 32.3 Å². The Kier molecular flexibility index (Phi) is 6.74. The van der Waals surface area contributed by atoms with Gasteiger partial charge in [0.05, 0.1) is 17.2 Å². The second-order valence-electron chi connectivity index (χ2n) is 5.82. The molecule has 0 bridgehead atoms. The molecule has 2 N–H and O–H groups in total. The molecule has 0 unspecified atom stereocenters. The first kappa shape index (κ1) is 20.4. The zero-order valence-corrected chi connectivity index (χ0v) is 17.5. The minimum atomic E-state index is -0.294. The second kappa shape index (κ2) is 9.24. The predicted octanol–water partition coefficient (Wildman–Crippen LogP) is 4.37. The number of aromatic nitrogens is 4. The van der Waals surface area contributed by atoms with Crippen molar-refractivity contribution in [1.82, 2.24) is 19.7 Å². The fraction of sp³-hybridized carbons (Fsp3) is 0.222. The molecule has 146 valence electrons. The van der Waals surface area contributed by atoms with Crippen LogP contribution in [0, 0.1) is 11.7 Å². The van der Waals surface area contributed by atoms with Crippen LogP contribution in [0.4, 0.5) is 5.13 Å². The largest absolute Gasteiger partial charge is 0.367 e. The van der Waals surface area contributed by atoms with Gasteiger partial charge in [-0.05, 0) is 30.8 Å². The highest BCUT2D eigenvalue weighted by Gasteiger charge is 2.17. The second-order valence-corrected chi connectivity index (χ2v) is 7.61. The van der Waals surface area contributed by atoms with Gasteiger partial charge in [0.1, 0.15) is 6.61 Å². The number of hydrogen-bond donors (Lipinski definition) is 2. The monoisotopic (exact) mass is 435 g/mol. The van der Waals surface area contributed by atoms with Gasteiger partial charge in [-0.3, -0.25) is 19.8 Å². The highest BCUT2D eigenvalue weighted by Crippen LogP contribution is 2.31. The lowest BCUT2D eigenvalue weighted by Gasteiger charge is -2.05. The van der Waals surface area contributed by atoms with E-state index in [9.17, 15) is 4.79 Å². The van der Waals surface area contributed by atoms with Crippen molar-refractivity contribution in [3.05, 3.63) is 58.0 Å². The Balaban J connectivity index is 1.63. The number of ether oxygens (including phenoxy) is 1. The lowest BCUT2D eigenvalue weighted by atomic mass is 10.2. The Hall–Kier alpha value is -2.33. The number of benzene rings is 1. The normalized spacial score (nSPS) is 10.8. The molecule has 1 aromatic carbocycles. The summed E-state index contributed by atoms with van der Waals surface area (Å²) in [5.41, 5.74) is 1.57. The maximum absolute atomic E-state index is 12.2. The van der Waals surface area contributed by atoms with E-state index in [1.807, 2.05) is 29.7 Å². The molecule has 0 saturated carbocycles. The molecule has 0 aliphatic carbocycles. The van der Waals surface area contributed by atoms with E-state index in [1.54, 1.807) is 12.1 Å². The number of amides is 1. The van der Waals surface area contributed by atoms with Gasteiger partial charge < -0.3 is 4.74 Å². The summed E-state index contributed by atoms with van der Waals surface area (Å²) in [6.45, 7) is 6.27. The Morgan fingerprint density at radius 1 is 1.50 bits per heavy atom. The zero-order valence-electron chi connectivity index (χ0n) is 15.1. The SMILES string of the molecule is C=CCn1c(-c2sc(NC(=O)COCc3ccccc3Cl)nc2C)n[nH]c1=S.